The van der Waals surface area contributed by atoms with E-state index in [1.807, 2.05) is 0 Å². The third-order valence-electron chi connectivity index (χ3n) is 2.17. The van der Waals surface area contributed by atoms with Gasteiger partial charge in [-0.25, -0.2) is 9.97 Å². The standard InChI is InChI=1S/C11H6ClF3N2/c12-10-2-1-7(3-9(10)11(13,14)15)8-4-16-6-17-5-8/h1-6H. The molecule has 0 unspecified atom stereocenters. The summed E-state index contributed by atoms with van der Waals surface area (Å²) in [5.74, 6) is 0. The van der Waals surface area contributed by atoms with Crippen LogP contribution in [0.1, 0.15) is 5.56 Å². The molecule has 1 aromatic heterocycles. The molecule has 0 bridgehead atoms. The lowest BCUT2D eigenvalue weighted by Gasteiger charge is -2.10. The van der Waals surface area contributed by atoms with E-state index < -0.39 is 11.7 Å². The number of halogens is 4. The molecule has 0 aliphatic carbocycles. The van der Waals surface area contributed by atoms with Crippen molar-refractivity contribution < 1.29 is 13.2 Å². The minimum atomic E-state index is -4.47. The van der Waals surface area contributed by atoms with E-state index >= 15 is 0 Å². The van der Waals surface area contributed by atoms with Gasteiger partial charge in [0.1, 0.15) is 6.33 Å². The number of hydrogen-bond donors (Lipinski definition) is 0. The van der Waals surface area contributed by atoms with Gasteiger partial charge in [0.05, 0.1) is 10.6 Å². The average molecular weight is 259 g/mol. The molecular formula is C11H6ClF3N2. The van der Waals surface area contributed by atoms with Gasteiger partial charge in [0, 0.05) is 18.0 Å². The van der Waals surface area contributed by atoms with E-state index in [0.29, 0.717) is 11.1 Å². The first kappa shape index (κ1) is 11.9. The summed E-state index contributed by atoms with van der Waals surface area (Å²) in [6, 6.07) is 3.70. The van der Waals surface area contributed by atoms with E-state index in [4.69, 9.17) is 11.6 Å². The molecule has 88 valence electrons. The van der Waals surface area contributed by atoms with Crippen LogP contribution < -0.4 is 0 Å². The van der Waals surface area contributed by atoms with Gasteiger partial charge in [0.15, 0.2) is 0 Å². The van der Waals surface area contributed by atoms with Gasteiger partial charge < -0.3 is 0 Å². The van der Waals surface area contributed by atoms with Gasteiger partial charge in [0.25, 0.3) is 0 Å². The molecular weight excluding hydrogens is 253 g/mol. The van der Waals surface area contributed by atoms with E-state index in [-0.39, 0.29) is 5.02 Å². The normalized spacial score (nSPS) is 11.5. The number of alkyl halides is 3. The Hall–Kier alpha value is -1.62. The quantitative estimate of drug-likeness (QED) is 0.777. The molecule has 0 saturated heterocycles. The Morgan fingerprint density at radius 2 is 1.65 bits per heavy atom. The lowest BCUT2D eigenvalue weighted by Crippen LogP contribution is -2.05. The summed E-state index contributed by atoms with van der Waals surface area (Å²) in [4.78, 5) is 7.50. The maximum atomic E-state index is 12.6. The van der Waals surface area contributed by atoms with Crippen molar-refractivity contribution in [1.82, 2.24) is 9.97 Å². The lowest BCUT2D eigenvalue weighted by molar-refractivity contribution is -0.137. The highest BCUT2D eigenvalue weighted by atomic mass is 35.5. The Kier molecular flexibility index (Phi) is 3.02. The SMILES string of the molecule is FC(F)(F)c1cc(-c2cncnc2)ccc1Cl. The first-order valence-electron chi connectivity index (χ1n) is 4.60. The molecule has 0 atom stereocenters. The zero-order chi connectivity index (χ0) is 12.5. The van der Waals surface area contributed by atoms with Crippen molar-refractivity contribution in [3.8, 4) is 11.1 Å². The van der Waals surface area contributed by atoms with Crippen molar-refractivity contribution in [3.05, 3.63) is 47.5 Å². The minimum absolute atomic E-state index is 0.321. The number of hydrogen-bond acceptors (Lipinski definition) is 2. The number of benzene rings is 1. The molecule has 0 saturated carbocycles. The molecule has 1 heterocycles. The van der Waals surface area contributed by atoms with Crippen molar-refractivity contribution in [3.63, 3.8) is 0 Å². The van der Waals surface area contributed by atoms with Gasteiger partial charge in [-0.05, 0) is 17.7 Å². The van der Waals surface area contributed by atoms with Crippen LogP contribution in [-0.4, -0.2) is 9.97 Å². The van der Waals surface area contributed by atoms with Gasteiger partial charge in [-0.2, -0.15) is 13.2 Å². The first-order valence-corrected chi connectivity index (χ1v) is 4.98. The van der Waals surface area contributed by atoms with Crippen LogP contribution in [0.4, 0.5) is 13.2 Å². The molecule has 2 aromatic rings. The maximum absolute atomic E-state index is 12.6. The van der Waals surface area contributed by atoms with Crippen molar-refractivity contribution in [2.45, 2.75) is 6.18 Å². The summed E-state index contributed by atoms with van der Waals surface area (Å²) < 4.78 is 37.9. The molecule has 6 heteroatoms. The highest BCUT2D eigenvalue weighted by Gasteiger charge is 2.33. The molecule has 0 N–H and O–H groups in total. The van der Waals surface area contributed by atoms with Crippen LogP contribution in [0.25, 0.3) is 11.1 Å². The molecule has 0 radical (unpaired) electrons. The Labute approximate surface area is 100 Å². The van der Waals surface area contributed by atoms with Gasteiger partial charge in [0.2, 0.25) is 0 Å². The largest absolute Gasteiger partial charge is 0.417 e. The monoisotopic (exact) mass is 258 g/mol. The third kappa shape index (κ3) is 2.55. The van der Waals surface area contributed by atoms with Gasteiger partial charge in [-0.3, -0.25) is 0 Å². The van der Waals surface area contributed by atoms with Crippen molar-refractivity contribution in [2.75, 3.05) is 0 Å². The summed E-state index contributed by atoms with van der Waals surface area (Å²) in [6.45, 7) is 0. The Morgan fingerprint density at radius 3 is 2.24 bits per heavy atom. The van der Waals surface area contributed by atoms with E-state index in [9.17, 15) is 13.2 Å². The van der Waals surface area contributed by atoms with E-state index in [1.54, 1.807) is 0 Å². The predicted molar refractivity (Wildman–Crippen MR) is 57.5 cm³/mol. The van der Waals surface area contributed by atoms with Crippen LogP contribution in [0.15, 0.2) is 36.9 Å². The molecule has 1 aromatic carbocycles. The van der Waals surface area contributed by atoms with E-state index in [0.717, 1.165) is 6.07 Å². The highest BCUT2D eigenvalue weighted by molar-refractivity contribution is 6.31. The second kappa shape index (κ2) is 4.33. The molecule has 0 aliphatic rings. The van der Waals surface area contributed by atoms with E-state index in [2.05, 4.69) is 9.97 Å². The van der Waals surface area contributed by atoms with Crippen molar-refractivity contribution in [1.29, 1.82) is 0 Å². The number of nitrogens with zero attached hydrogens (tertiary/aromatic N) is 2. The second-order valence-electron chi connectivity index (χ2n) is 3.32. The first-order chi connectivity index (χ1) is 7.98. The van der Waals surface area contributed by atoms with E-state index in [1.165, 1.54) is 30.9 Å². The fraction of sp³-hybridized carbons (Fsp3) is 0.0909. The van der Waals surface area contributed by atoms with Gasteiger partial charge >= 0.3 is 6.18 Å². The molecule has 2 nitrogen and oxygen atoms in total. The summed E-state index contributed by atoms with van der Waals surface area (Å²) in [7, 11) is 0. The van der Waals surface area contributed by atoms with Gasteiger partial charge in [-0.1, -0.05) is 17.7 Å². The van der Waals surface area contributed by atoms with Crippen molar-refractivity contribution >= 4 is 11.6 Å². The van der Waals surface area contributed by atoms with Crippen LogP contribution in [0.2, 0.25) is 5.02 Å². The molecule has 0 spiro atoms. The fourth-order valence-corrected chi connectivity index (χ4v) is 1.59. The Balaban J connectivity index is 2.53. The molecule has 2 rings (SSSR count). The summed E-state index contributed by atoms with van der Waals surface area (Å²) in [5.41, 5.74) is 0.0255. The maximum Gasteiger partial charge on any atom is 0.417 e. The van der Waals surface area contributed by atoms with Crippen LogP contribution >= 0.6 is 11.6 Å². The smallest absolute Gasteiger partial charge is 0.244 e. The molecule has 0 amide bonds. The van der Waals surface area contributed by atoms with Gasteiger partial charge in [-0.15, -0.1) is 0 Å². The van der Waals surface area contributed by atoms with Crippen LogP contribution in [-0.2, 0) is 6.18 Å². The lowest BCUT2D eigenvalue weighted by atomic mass is 10.1. The third-order valence-corrected chi connectivity index (χ3v) is 2.50. The summed E-state index contributed by atoms with van der Waals surface area (Å²) in [6.07, 6.45) is -0.278. The predicted octanol–water partition coefficient (Wildman–Crippen LogP) is 3.82. The zero-order valence-electron chi connectivity index (χ0n) is 8.37. The fourth-order valence-electron chi connectivity index (χ4n) is 1.37. The van der Waals surface area contributed by atoms with Crippen LogP contribution in [0.3, 0.4) is 0 Å². The Morgan fingerprint density at radius 1 is 1.00 bits per heavy atom. The van der Waals surface area contributed by atoms with Crippen LogP contribution in [0.5, 0.6) is 0 Å². The summed E-state index contributed by atoms with van der Waals surface area (Å²) in [5, 5.41) is -0.321. The van der Waals surface area contributed by atoms with Crippen molar-refractivity contribution in [2.24, 2.45) is 0 Å². The zero-order valence-corrected chi connectivity index (χ0v) is 9.13. The number of rotatable bonds is 1. The topological polar surface area (TPSA) is 25.8 Å². The number of aromatic nitrogens is 2. The molecule has 17 heavy (non-hydrogen) atoms. The van der Waals surface area contributed by atoms with Crippen LogP contribution in [0, 0.1) is 0 Å². The summed E-state index contributed by atoms with van der Waals surface area (Å²) >= 11 is 5.52. The highest BCUT2D eigenvalue weighted by Crippen LogP contribution is 2.36. The Bertz CT molecular complexity index is 526. The molecule has 0 aliphatic heterocycles. The second-order valence-corrected chi connectivity index (χ2v) is 3.73. The average Bonchev–Trinajstić information content (AvgIpc) is 2.29. The minimum Gasteiger partial charge on any atom is -0.244 e. The molecule has 0 fully saturated rings.